The average Bonchev–Trinajstić information content (AvgIpc) is 2.56. The summed E-state index contributed by atoms with van der Waals surface area (Å²) in [6, 6.07) is 10.0. The van der Waals surface area contributed by atoms with Crippen LogP contribution in [0.25, 0.3) is 0 Å². The first-order valence-electron chi connectivity index (χ1n) is 7.44. The number of ether oxygens (including phenoxy) is 1. The van der Waals surface area contributed by atoms with Crippen molar-refractivity contribution in [1.29, 1.82) is 0 Å². The van der Waals surface area contributed by atoms with E-state index in [-0.39, 0.29) is 29.7 Å². The van der Waals surface area contributed by atoms with E-state index in [0.717, 1.165) is 5.56 Å². The maximum atomic E-state index is 12.9. The highest BCUT2D eigenvalue weighted by atomic mass is 19.1. The van der Waals surface area contributed by atoms with E-state index in [2.05, 4.69) is 5.32 Å². The summed E-state index contributed by atoms with van der Waals surface area (Å²) in [6.07, 6.45) is 0. The summed E-state index contributed by atoms with van der Waals surface area (Å²) in [5.41, 5.74) is 1.11. The fraction of sp³-hybridized carbons (Fsp3) is 0.235. The molecule has 0 heterocycles. The van der Waals surface area contributed by atoms with Gasteiger partial charge in [0.05, 0.1) is 30.3 Å². The third-order valence-electron chi connectivity index (χ3n) is 3.45. The van der Waals surface area contributed by atoms with Gasteiger partial charge in [-0.15, -0.1) is 0 Å². The lowest BCUT2D eigenvalue weighted by atomic mass is 10.2. The van der Waals surface area contributed by atoms with Crippen molar-refractivity contribution < 1.29 is 18.8 Å². The first kappa shape index (κ1) is 18.3. The zero-order chi connectivity index (χ0) is 18.4. The molecule has 0 bridgehead atoms. The van der Waals surface area contributed by atoms with E-state index < -0.39 is 4.92 Å². The minimum Gasteiger partial charge on any atom is -0.494 e. The molecule has 0 aromatic heterocycles. The van der Waals surface area contributed by atoms with Crippen molar-refractivity contribution in [2.24, 2.45) is 0 Å². The zero-order valence-electron chi connectivity index (χ0n) is 13.9. The predicted octanol–water partition coefficient (Wildman–Crippen LogP) is 2.81. The van der Waals surface area contributed by atoms with Crippen LogP contribution in [-0.2, 0) is 11.3 Å². The first-order chi connectivity index (χ1) is 11.9. The predicted molar refractivity (Wildman–Crippen MR) is 91.0 cm³/mol. The minimum atomic E-state index is -0.537. The first-order valence-corrected chi connectivity index (χ1v) is 7.44. The number of benzene rings is 2. The monoisotopic (exact) mass is 347 g/mol. The summed E-state index contributed by atoms with van der Waals surface area (Å²) in [5, 5.41) is 13.4. The molecule has 0 saturated carbocycles. The number of nitro benzene ring substituents is 1. The van der Waals surface area contributed by atoms with Crippen LogP contribution < -0.4 is 10.1 Å². The van der Waals surface area contributed by atoms with E-state index in [1.807, 2.05) is 0 Å². The Bertz CT molecular complexity index is 765. The number of methoxy groups -OCH3 is 1. The van der Waals surface area contributed by atoms with Gasteiger partial charge in [-0.3, -0.25) is 19.8 Å². The number of halogens is 1. The fourth-order valence-electron chi connectivity index (χ4n) is 2.29. The number of non-ortho nitro benzene ring substituents is 1. The van der Waals surface area contributed by atoms with Gasteiger partial charge in [-0.2, -0.15) is 0 Å². The molecule has 0 aliphatic rings. The van der Waals surface area contributed by atoms with E-state index in [1.54, 1.807) is 24.1 Å². The third kappa shape index (κ3) is 5.25. The summed E-state index contributed by atoms with van der Waals surface area (Å²) in [5.74, 6) is -0.394. The van der Waals surface area contributed by atoms with E-state index in [1.165, 1.54) is 37.4 Å². The number of nitro groups is 1. The second kappa shape index (κ2) is 8.20. The smallest absolute Gasteiger partial charge is 0.273 e. The molecule has 2 rings (SSSR count). The number of hydrogen-bond acceptors (Lipinski definition) is 5. The SMILES string of the molecule is COc1cc([N+](=O)[O-])ccc1NC(=O)CN(C)Cc1ccc(F)cc1. The number of nitrogens with one attached hydrogen (secondary N) is 1. The Morgan fingerprint density at radius 3 is 2.56 bits per heavy atom. The number of amides is 1. The molecule has 0 atom stereocenters. The molecule has 25 heavy (non-hydrogen) atoms. The Morgan fingerprint density at radius 2 is 1.96 bits per heavy atom. The molecule has 1 N–H and O–H groups in total. The van der Waals surface area contributed by atoms with Gasteiger partial charge >= 0.3 is 0 Å². The van der Waals surface area contributed by atoms with Crippen molar-refractivity contribution in [3.05, 3.63) is 64.0 Å². The molecule has 1 amide bonds. The van der Waals surface area contributed by atoms with Crippen LogP contribution in [0, 0.1) is 15.9 Å². The lowest BCUT2D eigenvalue weighted by Crippen LogP contribution is -2.30. The van der Waals surface area contributed by atoms with Crippen LogP contribution >= 0.6 is 0 Å². The Labute approximate surface area is 144 Å². The zero-order valence-corrected chi connectivity index (χ0v) is 13.9. The van der Waals surface area contributed by atoms with Crippen molar-refractivity contribution in [1.82, 2.24) is 4.90 Å². The molecule has 0 radical (unpaired) electrons. The third-order valence-corrected chi connectivity index (χ3v) is 3.45. The highest BCUT2D eigenvalue weighted by molar-refractivity contribution is 5.93. The largest absolute Gasteiger partial charge is 0.494 e. The number of nitrogens with zero attached hydrogens (tertiary/aromatic N) is 2. The lowest BCUT2D eigenvalue weighted by Gasteiger charge is -2.17. The molecule has 0 aliphatic carbocycles. The topological polar surface area (TPSA) is 84.7 Å². The maximum absolute atomic E-state index is 12.9. The molecule has 0 unspecified atom stereocenters. The van der Waals surface area contributed by atoms with Gasteiger partial charge in [0, 0.05) is 12.6 Å². The number of hydrogen-bond donors (Lipinski definition) is 1. The summed E-state index contributed by atoms with van der Waals surface area (Å²) in [4.78, 5) is 24.2. The maximum Gasteiger partial charge on any atom is 0.273 e. The van der Waals surface area contributed by atoms with E-state index in [9.17, 15) is 19.3 Å². The van der Waals surface area contributed by atoms with Crippen molar-refractivity contribution in [3.8, 4) is 5.75 Å². The lowest BCUT2D eigenvalue weighted by molar-refractivity contribution is -0.384. The highest BCUT2D eigenvalue weighted by Gasteiger charge is 2.14. The van der Waals surface area contributed by atoms with Gasteiger partial charge in [-0.1, -0.05) is 12.1 Å². The van der Waals surface area contributed by atoms with Crippen LogP contribution in [-0.4, -0.2) is 36.4 Å². The van der Waals surface area contributed by atoms with Gasteiger partial charge in [0.15, 0.2) is 0 Å². The second-order valence-electron chi connectivity index (χ2n) is 5.49. The Hall–Kier alpha value is -3.00. The number of likely N-dealkylation sites (N-methyl/N-ethyl adjacent to an activating group) is 1. The van der Waals surface area contributed by atoms with E-state index in [0.29, 0.717) is 12.2 Å². The van der Waals surface area contributed by atoms with E-state index >= 15 is 0 Å². The van der Waals surface area contributed by atoms with Crippen LogP contribution in [0.2, 0.25) is 0 Å². The van der Waals surface area contributed by atoms with Crippen molar-refractivity contribution in [3.63, 3.8) is 0 Å². The van der Waals surface area contributed by atoms with Gasteiger partial charge in [-0.05, 0) is 30.8 Å². The highest BCUT2D eigenvalue weighted by Crippen LogP contribution is 2.28. The summed E-state index contributed by atoms with van der Waals surface area (Å²) in [6.45, 7) is 0.572. The molecule has 132 valence electrons. The molecule has 0 saturated heterocycles. The van der Waals surface area contributed by atoms with Crippen LogP contribution in [0.1, 0.15) is 5.56 Å². The van der Waals surface area contributed by atoms with Crippen LogP contribution in [0.5, 0.6) is 5.75 Å². The molecule has 8 heteroatoms. The standard InChI is InChI=1S/C17H18FN3O4/c1-20(10-12-3-5-13(18)6-4-12)11-17(22)19-15-8-7-14(21(23)24)9-16(15)25-2/h3-9H,10-11H2,1-2H3,(H,19,22). The summed E-state index contributed by atoms with van der Waals surface area (Å²) >= 11 is 0. The normalized spacial score (nSPS) is 10.6. The molecule has 0 fully saturated rings. The number of anilines is 1. The van der Waals surface area contributed by atoms with Crippen molar-refractivity contribution in [2.45, 2.75) is 6.54 Å². The van der Waals surface area contributed by atoms with Gasteiger partial charge in [0.25, 0.3) is 5.69 Å². The number of carbonyl (C=O) groups excluding carboxylic acids is 1. The van der Waals surface area contributed by atoms with Gasteiger partial charge in [0.1, 0.15) is 11.6 Å². The minimum absolute atomic E-state index is 0.0948. The molecular formula is C17H18FN3O4. The van der Waals surface area contributed by atoms with E-state index in [4.69, 9.17) is 4.74 Å². The van der Waals surface area contributed by atoms with Crippen molar-refractivity contribution >= 4 is 17.3 Å². The Morgan fingerprint density at radius 1 is 1.28 bits per heavy atom. The number of rotatable bonds is 7. The number of carbonyl (C=O) groups is 1. The molecule has 2 aromatic carbocycles. The Balaban J connectivity index is 1.97. The second-order valence-corrected chi connectivity index (χ2v) is 5.49. The average molecular weight is 347 g/mol. The van der Waals surface area contributed by atoms with Gasteiger partial charge in [-0.25, -0.2) is 4.39 Å². The van der Waals surface area contributed by atoms with Gasteiger partial charge < -0.3 is 10.1 Å². The van der Waals surface area contributed by atoms with Gasteiger partial charge in [0.2, 0.25) is 5.91 Å². The summed E-state index contributed by atoms with van der Waals surface area (Å²) in [7, 11) is 3.13. The van der Waals surface area contributed by atoms with Crippen LogP contribution in [0.15, 0.2) is 42.5 Å². The molecule has 2 aromatic rings. The quantitative estimate of drug-likeness (QED) is 0.615. The summed E-state index contributed by atoms with van der Waals surface area (Å²) < 4.78 is 18.0. The molecule has 7 nitrogen and oxygen atoms in total. The Kier molecular flexibility index (Phi) is 6.02. The van der Waals surface area contributed by atoms with Crippen LogP contribution in [0.4, 0.5) is 15.8 Å². The fourth-order valence-corrected chi connectivity index (χ4v) is 2.29. The van der Waals surface area contributed by atoms with Crippen molar-refractivity contribution in [2.75, 3.05) is 26.0 Å². The molecule has 0 aliphatic heterocycles. The molecule has 0 spiro atoms. The van der Waals surface area contributed by atoms with Crippen LogP contribution in [0.3, 0.4) is 0 Å². The molecular weight excluding hydrogens is 329 g/mol.